The van der Waals surface area contributed by atoms with E-state index in [2.05, 4.69) is 4.72 Å². The molecule has 2 rings (SSSR count). The predicted molar refractivity (Wildman–Crippen MR) is 81.0 cm³/mol. The van der Waals surface area contributed by atoms with E-state index < -0.39 is 10.0 Å². The zero-order chi connectivity index (χ0) is 13.9. The van der Waals surface area contributed by atoms with Crippen LogP contribution in [0, 0.1) is 0 Å². The Bertz CT molecular complexity index is 651. The van der Waals surface area contributed by atoms with Crippen LogP contribution in [-0.4, -0.2) is 14.3 Å². The quantitative estimate of drug-likeness (QED) is 0.840. The van der Waals surface area contributed by atoms with Gasteiger partial charge in [0.05, 0.1) is 4.34 Å². The number of aryl methyl sites for hydroxylation is 1. The smallest absolute Gasteiger partial charge is 0.271 e. The molecule has 19 heavy (non-hydrogen) atoms. The molecule has 1 aromatic heterocycles. The number of rotatable bonds is 5. The molecule has 1 heterocycles. The molecule has 0 fully saturated rings. The van der Waals surface area contributed by atoms with E-state index in [0.717, 1.165) is 23.3 Å². The topological polar surface area (TPSA) is 46.2 Å². The molecule has 0 saturated carbocycles. The van der Waals surface area contributed by atoms with Crippen LogP contribution in [-0.2, 0) is 16.4 Å². The first-order valence-electron chi connectivity index (χ1n) is 5.44. The van der Waals surface area contributed by atoms with Gasteiger partial charge in [0.1, 0.15) is 4.21 Å². The van der Waals surface area contributed by atoms with Crippen molar-refractivity contribution in [2.45, 2.75) is 10.6 Å². The van der Waals surface area contributed by atoms with Crippen LogP contribution >= 0.6 is 34.5 Å². The maximum atomic E-state index is 12.0. The van der Waals surface area contributed by atoms with Crippen LogP contribution in [0.2, 0.25) is 4.34 Å². The summed E-state index contributed by atoms with van der Waals surface area (Å²) in [4.78, 5) is 0. The third-order valence-electron chi connectivity index (χ3n) is 2.40. The standard InChI is InChI=1S/C12H11Cl2NO2S2/c13-8-7-9-1-3-10(4-2-9)15-19(16,17)12-6-5-11(14)18-12/h1-6,15H,7-8H2. The number of halogens is 2. The van der Waals surface area contributed by atoms with E-state index in [1.54, 1.807) is 18.2 Å². The summed E-state index contributed by atoms with van der Waals surface area (Å²) in [6.45, 7) is 0. The second kappa shape index (κ2) is 6.13. The third-order valence-corrected chi connectivity index (χ3v) is 5.70. The van der Waals surface area contributed by atoms with Crippen molar-refractivity contribution >= 4 is 50.2 Å². The van der Waals surface area contributed by atoms with Crippen LogP contribution in [0.25, 0.3) is 0 Å². The summed E-state index contributed by atoms with van der Waals surface area (Å²) in [5.41, 5.74) is 1.58. The van der Waals surface area contributed by atoms with Crippen molar-refractivity contribution in [2.75, 3.05) is 10.6 Å². The normalized spacial score (nSPS) is 11.5. The van der Waals surface area contributed by atoms with Crippen LogP contribution in [0.4, 0.5) is 5.69 Å². The zero-order valence-electron chi connectivity index (χ0n) is 9.77. The second-order valence-electron chi connectivity index (χ2n) is 3.80. The Morgan fingerprint density at radius 1 is 1.11 bits per heavy atom. The molecule has 1 N–H and O–H groups in total. The molecule has 0 aliphatic heterocycles. The summed E-state index contributed by atoms with van der Waals surface area (Å²) in [5.74, 6) is 0.540. The summed E-state index contributed by atoms with van der Waals surface area (Å²) in [6, 6.07) is 10.2. The fourth-order valence-electron chi connectivity index (χ4n) is 1.50. The Kier molecular flexibility index (Phi) is 4.73. The Morgan fingerprint density at radius 3 is 2.32 bits per heavy atom. The van der Waals surface area contributed by atoms with Crippen LogP contribution < -0.4 is 4.72 Å². The fourth-order valence-corrected chi connectivity index (χ4v) is 4.26. The van der Waals surface area contributed by atoms with Crippen LogP contribution in [0.5, 0.6) is 0 Å². The average Bonchev–Trinajstić information content (AvgIpc) is 2.79. The van der Waals surface area contributed by atoms with E-state index in [1.807, 2.05) is 12.1 Å². The van der Waals surface area contributed by atoms with Gasteiger partial charge in [0.2, 0.25) is 0 Å². The monoisotopic (exact) mass is 335 g/mol. The fraction of sp³-hybridized carbons (Fsp3) is 0.167. The lowest BCUT2D eigenvalue weighted by atomic mass is 10.2. The molecule has 0 saturated heterocycles. The van der Waals surface area contributed by atoms with E-state index in [0.29, 0.717) is 15.9 Å². The lowest BCUT2D eigenvalue weighted by Gasteiger charge is -2.06. The molecule has 0 aliphatic rings. The van der Waals surface area contributed by atoms with Gasteiger partial charge in [-0.25, -0.2) is 8.42 Å². The van der Waals surface area contributed by atoms with Crippen LogP contribution in [0.1, 0.15) is 5.56 Å². The summed E-state index contributed by atoms with van der Waals surface area (Å²) < 4.78 is 27.2. The van der Waals surface area contributed by atoms with Gasteiger partial charge in [-0.3, -0.25) is 4.72 Å². The Morgan fingerprint density at radius 2 is 1.79 bits per heavy atom. The summed E-state index contributed by atoms with van der Waals surface area (Å²) in [5, 5.41) is 0. The Balaban J connectivity index is 2.16. The molecule has 0 bridgehead atoms. The molecule has 0 unspecified atom stereocenters. The molecule has 1 aromatic carbocycles. The first-order valence-corrected chi connectivity index (χ1v) is 8.65. The van der Waals surface area contributed by atoms with Gasteiger partial charge in [0.15, 0.2) is 0 Å². The number of hydrogen-bond acceptors (Lipinski definition) is 3. The van der Waals surface area contributed by atoms with Crippen molar-refractivity contribution < 1.29 is 8.42 Å². The minimum Gasteiger partial charge on any atom is -0.279 e. The molecular weight excluding hydrogens is 325 g/mol. The van der Waals surface area contributed by atoms with Crippen molar-refractivity contribution in [1.82, 2.24) is 0 Å². The number of anilines is 1. The number of nitrogens with one attached hydrogen (secondary N) is 1. The maximum Gasteiger partial charge on any atom is 0.271 e. The number of alkyl halides is 1. The van der Waals surface area contributed by atoms with Crippen molar-refractivity contribution in [3.8, 4) is 0 Å². The lowest BCUT2D eigenvalue weighted by Crippen LogP contribution is -2.11. The first kappa shape index (κ1) is 14.7. The van der Waals surface area contributed by atoms with Gasteiger partial charge < -0.3 is 0 Å². The average molecular weight is 336 g/mol. The molecule has 2 aromatic rings. The predicted octanol–water partition coefficient (Wildman–Crippen LogP) is 3.98. The molecule has 0 aliphatic carbocycles. The maximum absolute atomic E-state index is 12.0. The lowest BCUT2D eigenvalue weighted by molar-refractivity contribution is 0.603. The van der Waals surface area contributed by atoms with Gasteiger partial charge in [-0.2, -0.15) is 0 Å². The molecule has 0 spiro atoms. The van der Waals surface area contributed by atoms with E-state index >= 15 is 0 Å². The van der Waals surface area contributed by atoms with Crippen molar-refractivity contribution in [3.05, 3.63) is 46.3 Å². The van der Waals surface area contributed by atoms with Gasteiger partial charge in [0, 0.05) is 11.6 Å². The van der Waals surface area contributed by atoms with Gasteiger partial charge >= 0.3 is 0 Å². The number of benzene rings is 1. The van der Waals surface area contributed by atoms with E-state index in [4.69, 9.17) is 23.2 Å². The van der Waals surface area contributed by atoms with E-state index in [9.17, 15) is 8.42 Å². The first-order chi connectivity index (χ1) is 9.01. The van der Waals surface area contributed by atoms with Gasteiger partial charge in [-0.1, -0.05) is 23.7 Å². The molecule has 7 heteroatoms. The zero-order valence-corrected chi connectivity index (χ0v) is 12.9. The minimum atomic E-state index is -3.56. The van der Waals surface area contributed by atoms with Crippen LogP contribution in [0.15, 0.2) is 40.6 Å². The summed E-state index contributed by atoms with van der Waals surface area (Å²) >= 11 is 12.4. The summed E-state index contributed by atoms with van der Waals surface area (Å²) in [6.07, 6.45) is 0.759. The van der Waals surface area contributed by atoms with Crippen molar-refractivity contribution in [3.63, 3.8) is 0 Å². The van der Waals surface area contributed by atoms with E-state index in [-0.39, 0.29) is 4.21 Å². The Labute approximate surface area is 126 Å². The molecule has 0 radical (unpaired) electrons. The van der Waals surface area contributed by atoms with Crippen LogP contribution in [0.3, 0.4) is 0 Å². The highest BCUT2D eigenvalue weighted by molar-refractivity contribution is 7.94. The molecule has 0 amide bonds. The second-order valence-corrected chi connectivity index (χ2v) is 7.80. The highest BCUT2D eigenvalue weighted by atomic mass is 35.5. The SMILES string of the molecule is O=S(=O)(Nc1ccc(CCCl)cc1)c1ccc(Cl)s1. The number of hydrogen-bond donors (Lipinski definition) is 1. The number of thiophene rings is 1. The van der Waals surface area contributed by atoms with Crippen molar-refractivity contribution in [2.24, 2.45) is 0 Å². The van der Waals surface area contributed by atoms with E-state index in [1.165, 1.54) is 6.07 Å². The third kappa shape index (κ3) is 3.86. The molecule has 3 nitrogen and oxygen atoms in total. The number of sulfonamides is 1. The largest absolute Gasteiger partial charge is 0.279 e. The molecule has 0 atom stereocenters. The van der Waals surface area contributed by atoms with Gasteiger partial charge in [-0.15, -0.1) is 22.9 Å². The minimum absolute atomic E-state index is 0.197. The molecule has 102 valence electrons. The summed E-state index contributed by atoms with van der Waals surface area (Å²) in [7, 11) is -3.56. The Hall–Kier alpha value is -0.750. The molecular formula is C12H11Cl2NO2S2. The highest BCUT2D eigenvalue weighted by Gasteiger charge is 2.16. The highest BCUT2D eigenvalue weighted by Crippen LogP contribution is 2.27. The van der Waals surface area contributed by atoms with Crippen molar-refractivity contribution in [1.29, 1.82) is 0 Å². The van der Waals surface area contributed by atoms with Gasteiger partial charge in [0.25, 0.3) is 10.0 Å². The van der Waals surface area contributed by atoms with Gasteiger partial charge in [-0.05, 0) is 36.2 Å².